The number of aromatic nitrogens is 2. The van der Waals surface area contributed by atoms with Crippen LogP contribution in [0.1, 0.15) is 44.7 Å². The molecule has 1 aromatic heterocycles. The highest BCUT2D eigenvalue weighted by Gasteiger charge is 2.37. The van der Waals surface area contributed by atoms with Gasteiger partial charge in [-0.15, -0.1) is 0 Å². The van der Waals surface area contributed by atoms with Crippen molar-refractivity contribution in [1.29, 1.82) is 0 Å². The molecule has 5 heteroatoms. The van der Waals surface area contributed by atoms with E-state index in [1.54, 1.807) is 0 Å². The second-order valence-corrected chi connectivity index (χ2v) is 6.70. The molecular formula is C16H27N3O2. The van der Waals surface area contributed by atoms with E-state index in [4.69, 9.17) is 4.74 Å². The van der Waals surface area contributed by atoms with Gasteiger partial charge in [-0.3, -0.25) is 9.58 Å². The van der Waals surface area contributed by atoms with Gasteiger partial charge in [-0.25, -0.2) is 0 Å². The van der Waals surface area contributed by atoms with Crippen molar-refractivity contribution in [2.45, 2.75) is 57.8 Å². The summed E-state index contributed by atoms with van der Waals surface area (Å²) in [5, 5.41) is 14.7. The van der Waals surface area contributed by atoms with Crippen molar-refractivity contribution in [2.75, 3.05) is 19.8 Å². The number of rotatable bonds is 4. The van der Waals surface area contributed by atoms with Crippen LogP contribution in [0, 0.1) is 5.92 Å². The van der Waals surface area contributed by atoms with Crippen LogP contribution in [0.2, 0.25) is 0 Å². The highest BCUT2D eigenvalue weighted by Crippen LogP contribution is 2.30. The molecule has 5 nitrogen and oxygen atoms in total. The van der Waals surface area contributed by atoms with Gasteiger partial charge in [0.15, 0.2) is 0 Å². The van der Waals surface area contributed by atoms with Gasteiger partial charge in [0.25, 0.3) is 0 Å². The summed E-state index contributed by atoms with van der Waals surface area (Å²) in [5.74, 6) is 0.265. The lowest BCUT2D eigenvalue weighted by Crippen LogP contribution is -2.45. The zero-order valence-corrected chi connectivity index (χ0v) is 13.1. The highest BCUT2D eigenvalue weighted by molar-refractivity contribution is 5.06. The van der Waals surface area contributed by atoms with Gasteiger partial charge in [0.1, 0.15) is 0 Å². The van der Waals surface area contributed by atoms with E-state index in [0.29, 0.717) is 25.3 Å². The first-order valence-electron chi connectivity index (χ1n) is 8.18. The Bertz CT molecular complexity index is 460. The molecule has 2 aliphatic heterocycles. The fourth-order valence-electron chi connectivity index (χ4n) is 3.63. The maximum Gasteiger partial charge on any atom is 0.0627 e. The van der Waals surface area contributed by atoms with Crippen molar-refractivity contribution >= 4 is 0 Å². The van der Waals surface area contributed by atoms with Crippen LogP contribution in [0.25, 0.3) is 0 Å². The molecule has 2 fully saturated rings. The SMILES string of the molecule is CC(C)n1cc(CN2CCC[C@@H]2[C@H]2COCC[C@H]2O)cn1. The summed E-state index contributed by atoms with van der Waals surface area (Å²) in [4.78, 5) is 2.50. The third-order valence-corrected chi connectivity index (χ3v) is 4.84. The van der Waals surface area contributed by atoms with Crippen LogP contribution in [-0.4, -0.2) is 51.7 Å². The second kappa shape index (κ2) is 6.46. The largest absolute Gasteiger partial charge is 0.393 e. The average molecular weight is 293 g/mol. The van der Waals surface area contributed by atoms with Crippen LogP contribution in [0.15, 0.2) is 12.4 Å². The molecule has 21 heavy (non-hydrogen) atoms. The summed E-state index contributed by atoms with van der Waals surface area (Å²) in [5.41, 5.74) is 1.27. The summed E-state index contributed by atoms with van der Waals surface area (Å²) in [7, 11) is 0. The molecular weight excluding hydrogens is 266 g/mol. The number of ether oxygens (including phenoxy) is 1. The van der Waals surface area contributed by atoms with E-state index in [1.807, 2.05) is 10.9 Å². The van der Waals surface area contributed by atoms with Crippen LogP contribution in [0.4, 0.5) is 0 Å². The topological polar surface area (TPSA) is 50.5 Å². The number of hydrogen-bond acceptors (Lipinski definition) is 4. The van der Waals surface area contributed by atoms with Crippen LogP contribution >= 0.6 is 0 Å². The van der Waals surface area contributed by atoms with E-state index in [2.05, 4.69) is 30.0 Å². The standard InChI is InChI=1S/C16H27N3O2/c1-12(2)19-10-13(8-17-19)9-18-6-3-4-15(18)14-11-21-7-5-16(14)20/h8,10,12,14-16,20H,3-7,9,11H2,1-2H3/t14-,15-,16-/m1/s1. The molecule has 3 atom stereocenters. The molecule has 3 heterocycles. The Kier molecular flexibility index (Phi) is 4.62. The third-order valence-electron chi connectivity index (χ3n) is 4.84. The first kappa shape index (κ1) is 15.0. The van der Waals surface area contributed by atoms with Crippen molar-refractivity contribution in [3.63, 3.8) is 0 Å². The summed E-state index contributed by atoms with van der Waals surface area (Å²) in [6.45, 7) is 7.73. The van der Waals surface area contributed by atoms with E-state index < -0.39 is 0 Å². The molecule has 0 bridgehead atoms. The van der Waals surface area contributed by atoms with E-state index in [-0.39, 0.29) is 12.0 Å². The first-order chi connectivity index (χ1) is 10.1. The molecule has 0 spiro atoms. The van der Waals surface area contributed by atoms with Gasteiger partial charge in [0, 0.05) is 42.9 Å². The fourth-order valence-corrected chi connectivity index (χ4v) is 3.63. The minimum Gasteiger partial charge on any atom is -0.393 e. The minimum atomic E-state index is -0.206. The summed E-state index contributed by atoms with van der Waals surface area (Å²) in [6.07, 6.45) is 7.08. The molecule has 0 aromatic carbocycles. The maximum atomic E-state index is 10.3. The van der Waals surface area contributed by atoms with E-state index in [0.717, 1.165) is 19.5 Å². The lowest BCUT2D eigenvalue weighted by Gasteiger charge is -2.36. The van der Waals surface area contributed by atoms with Gasteiger partial charge < -0.3 is 9.84 Å². The number of likely N-dealkylation sites (tertiary alicyclic amines) is 1. The summed E-state index contributed by atoms with van der Waals surface area (Å²) < 4.78 is 7.61. The number of hydrogen-bond donors (Lipinski definition) is 1. The third kappa shape index (κ3) is 3.30. The van der Waals surface area contributed by atoms with Gasteiger partial charge in [0.05, 0.1) is 18.9 Å². The average Bonchev–Trinajstić information content (AvgIpc) is 3.09. The van der Waals surface area contributed by atoms with Crippen molar-refractivity contribution in [3.8, 4) is 0 Å². The molecule has 2 saturated heterocycles. The zero-order chi connectivity index (χ0) is 14.8. The van der Waals surface area contributed by atoms with Crippen LogP contribution in [0.5, 0.6) is 0 Å². The minimum absolute atomic E-state index is 0.206. The Morgan fingerprint density at radius 1 is 1.43 bits per heavy atom. The van der Waals surface area contributed by atoms with Crippen molar-refractivity contribution in [2.24, 2.45) is 5.92 Å². The maximum absolute atomic E-state index is 10.3. The molecule has 0 aliphatic carbocycles. The van der Waals surface area contributed by atoms with Crippen LogP contribution in [0.3, 0.4) is 0 Å². The lowest BCUT2D eigenvalue weighted by molar-refractivity contribution is -0.0636. The Hall–Kier alpha value is -0.910. The molecule has 0 radical (unpaired) electrons. The predicted octanol–water partition coefficient (Wildman–Crippen LogP) is 1.83. The van der Waals surface area contributed by atoms with Gasteiger partial charge in [-0.2, -0.15) is 5.10 Å². The fraction of sp³-hybridized carbons (Fsp3) is 0.812. The molecule has 118 valence electrons. The Morgan fingerprint density at radius 2 is 2.29 bits per heavy atom. The monoisotopic (exact) mass is 293 g/mol. The normalized spacial score (nSPS) is 31.1. The van der Waals surface area contributed by atoms with E-state index in [1.165, 1.54) is 18.4 Å². The molecule has 3 rings (SSSR count). The molecule has 0 saturated carbocycles. The van der Waals surface area contributed by atoms with E-state index in [9.17, 15) is 5.11 Å². The van der Waals surface area contributed by atoms with Crippen LogP contribution in [-0.2, 0) is 11.3 Å². The quantitative estimate of drug-likeness (QED) is 0.920. The molecule has 1 N–H and O–H groups in total. The number of aliphatic hydroxyl groups excluding tert-OH is 1. The van der Waals surface area contributed by atoms with Gasteiger partial charge in [-0.05, 0) is 39.7 Å². The van der Waals surface area contributed by atoms with Crippen LogP contribution < -0.4 is 0 Å². The summed E-state index contributed by atoms with van der Waals surface area (Å²) >= 11 is 0. The highest BCUT2D eigenvalue weighted by atomic mass is 16.5. The Morgan fingerprint density at radius 3 is 3.00 bits per heavy atom. The van der Waals surface area contributed by atoms with Gasteiger partial charge in [-0.1, -0.05) is 0 Å². The van der Waals surface area contributed by atoms with Gasteiger partial charge in [0.2, 0.25) is 0 Å². The second-order valence-electron chi connectivity index (χ2n) is 6.70. The van der Waals surface area contributed by atoms with Crippen molar-refractivity contribution in [1.82, 2.24) is 14.7 Å². The number of aliphatic hydroxyl groups is 1. The molecule has 0 amide bonds. The first-order valence-corrected chi connectivity index (χ1v) is 8.18. The summed E-state index contributed by atoms with van der Waals surface area (Å²) in [6, 6.07) is 0.851. The molecule has 2 aliphatic rings. The number of nitrogens with zero attached hydrogens (tertiary/aromatic N) is 3. The smallest absolute Gasteiger partial charge is 0.0627 e. The van der Waals surface area contributed by atoms with Crippen molar-refractivity contribution in [3.05, 3.63) is 18.0 Å². The predicted molar refractivity (Wildman–Crippen MR) is 81.0 cm³/mol. The molecule has 1 aromatic rings. The Balaban J connectivity index is 1.65. The lowest BCUT2D eigenvalue weighted by atomic mass is 9.89. The zero-order valence-electron chi connectivity index (χ0n) is 13.1. The Labute approximate surface area is 126 Å². The van der Waals surface area contributed by atoms with Gasteiger partial charge >= 0.3 is 0 Å². The van der Waals surface area contributed by atoms with E-state index >= 15 is 0 Å². The van der Waals surface area contributed by atoms with Crippen molar-refractivity contribution < 1.29 is 9.84 Å². The molecule has 0 unspecified atom stereocenters.